The summed E-state index contributed by atoms with van der Waals surface area (Å²) < 4.78 is 0. The maximum absolute atomic E-state index is 11.8. The van der Waals surface area contributed by atoms with Crippen LogP contribution in [0.15, 0.2) is 42.1 Å². The van der Waals surface area contributed by atoms with Crippen molar-refractivity contribution in [1.82, 2.24) is 10.6 Å². The fourth-order valence-electron chi connectivity index (χ4n) is 1.31. The molecular formula is C15H19N3O. The van der Waals surface area contributed by atoms with Gasteiger partial charge in [0, 0.05) is 18.3 Å². The van der Waals surface area contributed by atoms with Crippen molar-refractivity contribution in [3.05, 3.63) is 47.7 Å². The molecule has 0 atom stereocenters. The maximum Gasteiger partial charge on any atom is 0.263 e. The number of nitrogens with zero attached hydrogens (tertiary/aromatic N) is 1. The van der Waals surface area contributed by atoms with Gasteiger partial charge in [0.1, 0.15) is 11.6 Å². The summed E-state index contributed by atoms with van der Waals surface area (Å²) in [5.74, 6) is -0.372. The smallest absolute Gasteiger partial charge is 0.263 e. The van der Waals surface area contributed by atoms with Crippen LogP contribution in [-0.4, -0.2) is 11.4 Å². The molecule has 0 fully saturated rings. The number of rotatable bonds is 4. The van der Waals surface area contributed by atoms with Crippen molar-refractivity contribution in [2.45, 2.75) is 32.9 Å². The van der Waals surface area contributed by atoms with Crippen molar-refractivity contribution >= 4 is 5.91 Å². The molecule has 0 bridgehead atoms. The lowest BCUT2D eigenvalue weighted by Crippen LogP contribution is -2.33. The fraction of sp³-hybridized carbons (Fsp3) is 0.333. The summed E-state index contributed by atoms with van der Waals surface area (Å²) in [6, 6.07) is 11.5. The Hall–Kier alpha value is -2.28. The molecule has 0 aromatic heterocycles. The van der Waals surface area contributed by atoms with Crippen LogP contribution in [0.2, 0.25) is 0 Å². The quantitative estimate of drug-likeness (QED) is 0.641. The highest BCUT2D eigenvalue weighted by Gasteiger charge is 2.11. The molecule has 100 valence electrons. The summed E-state index contributed by atoms with van der Waals surface area (Å²) in [6.45, 7) is 6.29. The minimum absolute atomic E-state index is 0.0749. The summed E-state index contributed by atoms with van der Waals surface area (Å²) in [4.78, 5) is 11.8. The zero-order chi connectivity index (χ0) is 14.3. The van der Waals surface area contributed by atoms with E-state index in [0.29, 0.717) is 6.54 Å². The number of hydrogen-bond acceptors (Lipinski definition) is 3. The molecule has 1 rings (SSSR count). The topological polar surface area (TPSA) is 64.9 Å². The first-order valence-corrected chi connectivity index (χ1v) is 6.12. The van der Waals surface area contributed by atoms with E-state index in [1.807, 2.05) is 57.2 Å². The molecular weight excluding hydrogens is 238 g/mol. The Labute approximate surface area is 114 Å². The van der Waals surface area contributed by atoms with Crippen molar-refractivity contribution < 1.29 is 4.79 Å². The predicted molar refractivity (Wildman–Crippen MR) is 74.9 cm³/mol. The summed E-state index contributed by atoms with van der Waals surface area (Å²) >= 11 is 0. The third kappa shape index (κ3) is 5.73. The number of nitrogens with one attached hydrogen (secondary N) is 2. The molecule has 1 aromatic carbocycles. The van der Waals surface area contributed by atoms with E-state index in [1.54, 1.807) is 0 Å². The lowest BCUT2D eigenvalue weighted by atomic mass is 10.1. The normalized spacial score (nSPS) is 11.6. The molecule has 0 saturated carbocycles. The molecule has 0 spiro atoms. The Morgan fingerprint density at radius 2 is 1.95 bits per heavy atom. The molecule has 0 aliphatic rings. The average Bonchev–Trinajstić information content (AvgIpc) is 2.37. The number of hydrogen-bond donors (Lipinski definition) is 2. The Morgan fingerprint density at radius 1 is 1.32 bits per heavy atom. The van der Waals surface area contributed by atoms with Gasteiger partial charge in [0.15, 0.2) is 0 Å². The Balaban J connectivity index is 2.58. The highest BCUT2D eigenvalue weighted by atomic mass is 16.1. The van der Waals surface area contributed by atoms with E-state index in [2.05, 4.69) is 10.6 Å². The van der Waals surface area contributed by atoms with Crippen LogP contribution in [0, 0.1) is 11.3 Å². The van der Waals surface area contributed by atoms with Crippen LogP contribution in [0.4, 0.5) is 0 Å². The Morgan fingerprint density at radius 3 is 2.47 bits per heavy atom. The third-order valence-corrected chi connectivity index (χ3v) is 2.31. The van der Waals surface area contributed by atoms with Crippen LogP contribution < -0.4 is 10.6 Å². The van der Waals surface area contributed by atoms with Crippen LogP contribution >= 0.6 is 0 Å². The molecule has 4 heteroatoms. The predicted octanol–water partition coefficient (Wildman–Crippen LogP) is 2.10. The van der Waals surface area contributed by atoms with E-state index >= 15 is 0 Å². The van der Waals surface area contributed by atoms with Gasteiger partial charge < -0.3 is 10.6 Å². The highest BCUT2D eigenvalue weighted by Crippen LogP contribution is 2.02. The van der Waals surface area contributed by atoms with Gasteiger partial charge in [-0.1, -0.05) is 30.3 Å². The van der Waals surface area contributed by atoms with Gasteiger partial charge in [-0.25, -0.2) is 0 Å². The molecule has 0 radical (unpaired) electrons. The molecule has 0 aliphatic heterocycles. The van der Waals surface area contributed by atoms with Crippen LogP contribution in [0.25, 0.3) is 0 Å². The lowest BCUT2D eigenvalue weighted by Gasteiger charge is -2.18. The van der Waals surface area contributed by atoms with E-state index in [9.17, 15) is 4.79 Å². The van der Waals surface area contributed by atoms with Gasteiger partial charge in [-0.15, -0.1) is 0 Å². The summed E-state index contributed by atoms with van der Waals surface area (Å²) in [7, 11) is 0. The minimum Gasteiger partial charge on any atom is -0.385 e. The van der Waals surface area contributed by atoms with E-state index in [4.69, 9.17) is 5.26 Å². The van der Waals surface area contributed by atoms with Gasteiger partial charge in [0.25, 0.3) is 5.91 Å². The second-order valence-corrected chi connectivity index (χ2v) is 5.23. The van der Waals surface area contributed by atoms with Crippen molar-refractivity contribution in [3.8, 4) is 6.07 Å². The first-order chi connectivity index (χ1) is 8.92. The van der Waals surface area contributed by atoms with Gasteiger partial charge in [-0.2, -0.15) is 5.26 Å². The van der Waals surface area contributed by atoms with Crippen LogP contribution in [0.5, 0.6) is 0 Å². The minimum atomic E-state index is -0.372. The van der Waals surface area contributed by atoms with Crippen molar-refractivity contribution in [1.29, 1.82) is 5.26 Å². The molecule has 0 saturated heterocycles. The first kappa shape index (κ1) is 14.8. The van der Waals surface area contributed by atoms with Crippen LogP contribution in [-0.2, 0) is 11.3 Å². The standard InChI is InChI=1S/C15H19N3O/c1-15(2,3)18-11-13(9-16)14(19)17-10-12-7-5-4-6-8-12/h4-8,11,18H,10H2,1-3H3,(H,17,19)/b13-11-. The average molecular weight is 257 g/mol. The molecule has 1 amide bonds. The van der Waals surface area contributed by atoms with Crippen molar-refractivity contribution in [2.75, 3.05) is 0 Å². The van der Waals surface area contributed by atoms with Gasteiger partial charge in [-0.05, 0) is 26.3 Å². The van der Waals surface area contributed by atoms with Gasteiger partial charge in [-0.3, -0.25) is 4.79 Å². The van der Waals surface area contributed by atoms with Crippen LogP contribution in [0.3, 0.4) is 0 Å². The van der Waals surface area contributed by atoms with E-state index < -0.39 is 0 Å². The third-order valence-electron chi connectivity index (χ3n) is 2.31. The molecule has 2 N–H and O–H groups in total. The molecule has 19 heavy (non-hydrogen) atoms. The Bertz CT molecular complexity index is 492. The molecule has 1 aromatic rings. The van der Waals surface area contributed by atoms with Gasteiger partial charge in [0.2, 0.25) is 0 Å². The van der Waals surface area contributed by atoms with E-state index in [1.165, 1.54) is 6.20 Å². The molecule has 0 unspecified atom stereocenters. The highest BCUT2D eigenvalue weighted by molar-refractivity contribution is 5.97. The van der Waals surface area contributed by atoms with Gasteiger partial charge in [0.05, 0.1) is 0 Å². The summed E-state index contributed by atoms with van der Waals surface area (Å²) in [5, 5.41) is 14.7. The van der Waals surface area contributed by atoms with Gasteiger partial charge >= 0.3 is 0 Å². The second-order valence-electron chi connectivity index (χ2n) is 5.23. The number of carbonyl (C=O) groups excluding carboxylic acids is 1. The van der Waals surface area contributed by atoms with Crippen molar-refractivity contribution in [3.63, 3.8) is 0 Å². The zero-order valence-corrected chi connectivity index (χ0v) is 11.5. The lowest BCUT2D eigenvalue weighted by molar-refractivity contribution is -0.117. The van der Waals surface area contributed by atoms with E-state index in [-0.39, 0.29) is 17.0 Å². The van der Waals surface area contributed by atoms with Crippen molar-refractivity contribution in [2.24, 2.45) is 0 Å². The summed E-state index contributed by atoms with van der Waals surface area (Å²) in [5.41, 5.74) is 0.893. The first-order valence-electron chi connectivity index (χ1n) is 6.12. The SMILES string of the molecule is CC(C)(C)N/C=C(/C#N)C(=O)NCc1ccccc1. The molecule has 4 nitrogen and oxygen atoms in total. The monoisotopic (exact) mass is 257 g/mol. The molecule has 0 aliphatic carbocycles. The molecule has 0 heterocycles. The second kappa shape index (κ2) is 6.60. The Kier molecular flexibility index (Phi) is 5.13. The maximum atomic E-state index is 11.8. The van der Waals surface area contributed by atoms with E-state index in [0.717, 1.165) is 5.56 Å². The number of benzene rings is 1. The zero-order valence-electron chi connectivity index (χ0n) is 11.5. The largest absolute Gasteiger partial charge is 0.385 e. The van der Waals surface area contributed by atoms with Crippen LogP contribution in [0.1, 0.15) is 26.3 Å². The fourth-order valence-corrected chi connectivity index (χ4v) is 1.31. The number of nitriles is 1. The summed E-state index contributed by atoms with van der Waals surface area (Å²) in [6.07, 6.45) is 1.46. The number of carbonyl (C=O) groups is 1. The number of amides is 1.